The highest BCUT2D eigenvalue weighted by Crippen LogP contribution is 2.25. The first-order valence-corrected chi connectivity index (χ1v) is 6.79. The second-order valence-corrected chi connectivity index (χ2v) is 5.92. The van der Waals surface area contributed by atoms with Crippen molar-refractivity contribution in [1.29, 1.82) is 0 Å². The first kappa shape index (κ1) is 13.4. The maximum atomic E-state index is 11.8. The molecule has 0 aliphatic rings. The number of nitrogens with one attached hydrogen (secondary N) is 2. The molecule has 108 valence electrons. The van der Waals surface area contributed by atoms with Crippen molar-refractivity contribution in [3.63, 3.8) is 0 Å². The molecule has 0 aliphatic heterocycles. The van der Waals surface area contributed by atoms with Crippen molar-refractivity contribution < 1.29 is 9.53 Å². The van der Waals surface area contributed by atoms with E-state index in [0.29, 0.717) is 5.82 Å². The van der Waals surface area contributed by atoms with Crippen molar-refractivity contribution in [3.05, 3.63) is 36.5 Å². The molecule has 0 saturated carbocycles. The monoisotopic (exact) mass is 283 g/mol. The Labute approximate surface area is 122 Å². The van der Waals surface area contributed by atoms with Crippen molar-refractivity contribution in [2.45, 2.75) is 26.4 Å². The molecule has 21 heavy (non-hydrogen) atoms. The standard InChI is InChI=1S/C16H17N3O2/c1-16(2,3)21-15(20)19-13-8-10-9-17-12-7-5-4-6-11(12)14(10)18-13/h4-9,18H,1-3H3,(H,19,20). The van der Waals surface area contributed by atoms with Crippen LogP contribution in [0.15, 0.2) is 36.5 Å². The van der Waals surface area contributed by atoms with Crippen molar-refractivity contribution in [1.82, 2.24) is 9.97 Å². The normalized spacial score (nSPS) is 11.8. The summed E-state index contributed by atoms with van der Waals surface area (Å²) >= 11 is 0. The molecule has 1 aromatic carbocycles. The van der Waals surface area contributed by atoms with Crippen LogP contribution in [0.1, 0.15) is 20.8 Å². The van der Waals surface area contributed by atoms with Crippen LogP contribution in [0.2, 0.25) is 0 Å². The lowest BCUT2D eigenvalue weighted by Gasteiger charge is -2.19. The van der Waals surface area contributed by atoms with Gasteiger partial charge in [0.05, 0.1) is 11.0 Å². The van der Waals surface area contributed by atoms with Crippen LogP contribution in [0, 0.1) is 0 Å². The highest BCUT2D eigenvalue weighted by atomic mass is 16.6. The van der Waals surface area contributed by atoms with E-state index in [1.54, 1.807) is 6.20 Å². The summed E-state index contributed by atoms with van der Waals surface area (Å²) in [5.74, 6) is 0.595. The molecule has 0 spiro atoms. The Morgan fingerprint density at radius 1 is 1.29 bits per heavy atom. The number of para-hydroxylation sites is 1. The molecule has 5 heteroatoms. The van der Waals surface area contributed by atoms with Gasteiger partial charge in [0.2, 0.25) is 0 Å². The van der Waals surface area contributed by atoms with E-state index in [0.717, 1.165) is 21.8 Å². The van der Waals surface area contributed by atoms with Gasteiger partial charge in [0.1, 0.15) is 11.4 Å². The van der Waals surface area contributed by atoms with Gasteiger partial charge in [-0.15, -0.1) is 0 Å². The molecule has 0 fully saturated rings. The minimum atomic E-state index is -0.523. The summed E-state index contributed by atoms with van der Waals surface area (Å²) < 4.78 is 5.24. The fourth-order valence-corrected chi connectivity index (χ4v) is 2.21. The van der Waals surface area contributed by atoms with Gasteiger partial charge in [0.15, 0.2) is 0 Å². The van der Waals surface area contributed by atoms with Crippen LogP contribution in [0.4, 0.5) is 10.6 Å². The molecular formula is C16H17N3O2. The number of aromatic nitrogens is 2. The molecule has 2 aromatic heterocycles. The largest absolute Gasteiger partial charge is 0.444 e. The number of anilines is 1. The summed E-state index contributed by atoms with van der Waals surface area (Å²) in [6, 6.07) is 9.71. The maximum Gasteiger partial charge on any atom is 0.413 e. The fourth-order valence-electron chi connectivity index (χ4n) is 2.21. The third kappa shape index (κ3) is 2.81. The smallest absolute Gasteiger partial charge is 0.413 e. The summed E-state index contributed by atoms with van der Waals surface area (Å²) in [6.45, 7) is 5.49. The number of hydrogen-bond donors (Lipinski definition) is 2. The number of carbonyl (C=O) groups excluding carboxylic acids is 1. The number of fused-ring (bicyclic) bond motifs is 3. The predicted molar refractivity (Wildman–Crippen MR) is 83.5 cm³/mol. The molecule has 0 saturated heterocycles. The molecular weight excluding hydrogens is 266 g/mol. The van der Waals surface area contributed by atoms with E-state index in [-0.39, 0.29) is 0 Å². The van der Waals surface area contributed by atoms with Gasteiger partial charge in [-0.1, -0.05) is 18.2 Å². The zero-order valence-electron chi connectivity index (χ0n) is 12.2. The van der Waals surface area contributed by atoms with Gasteiger partial charge >= 0.3 is 6.09 Å². The topological polar surface area (TPSA) is 67.0 Å². The minimum Gasteiger partial charge on any atom is -0.444 e. The third-order valence-electron chi connectivity index (χ3n) is 3.00. The van der Waals surface area contributed by atoms with Crippen LogP contribution < -0.4 is 5.32 Å². The summed E-state index contributed by atoms with van der Waals surface area (Å²) in [4.78, 5) is 19.4. The number of amides is 1. The molecule has 0 radical (unpaired) electrons. The fraction of sp³-hybridized carbons (Fsp3) is 0.250. The number of ether oxygens (including phenoxy) is 1. The van der Waals surface area contributed by atoms with E-state index >= 15 is 0 Å². The van der Waals surface area contributed by atoms with E-state index in [4.69, 9.17) is 4.74 Å². The highest BCUT2D eigenvalue weighted by Gasteiger charge is 2.17. The molecule has 1 amide bonds. The third-order valence-corrected chi connectivity index (χ3v) is 3.00. The van der Waals surface area contributed by atoms with Gasteiger partial charge in [-0.2, -0.15) is 0 Å². The zero-order chi connectivity index (χ0) is 15.0. The van der Waals surface area contributed by atoms with Gasteiger partial charge in [-0.3, -0.25) is 10.3 Å². The Morgan fingerprint density at radius 3 is 2.81 bits per heavy atom. The first-order valence-electron chi connectivity index (χ1n) is 6.79. The van der Waals surface area contributed by atoms with Crippen LogP contribution in [0.25, 0.3) is 21.8 Å². The molecule has 5 nitrogen and oxygen atoms in total. The maximum absolute atomic E-state index is 11.8. The van der Waals surface area contributed by atoms with Crippen molar-refractivity contribution in [3.8, 4) is 0 Å². The van der Waals surface area contributed by atoms with E-state index in [1.807, 2.05) is 51.1 Å². The second kappa shape index (κ2) is 4.77. The Kier molecular flexibility index (Phi) is 3.05. The van der Waals surface area contributed by atoms with Gasteiger partial charge < -0.3 is 9.72 Å². The lowest BCUT2D eigenvalue weighted by molar-refractivity contribution is 0.0635. The summed E-state index contributed by atoms with van der Waals surface area (Å²) in [5, 5.41) is 4.67. The predicted octanol–water partition coefficient (Wildman–Crippen LogP) is 4.06. The quantitative estimate of drug-likeness (QED) is 0.707. The van der Waals surface area contributed by atoms with Gasteiger partial charge in [-0.25, -0.2) is 4.79 Å². The number of nitrogens with zero attached hydrogens (tertiary/aromatic N) is 1. The molecule has 0 bridgehead atoms. The van der Waals surface area contributed by atoms with Crippen LogP contribution in [-0.4, -0.2) is 21.7 Å². The Bertz CT molecular complexity index is 815. The van der Waals surface area contributed by atoms with Gasteiger partial charge in [0, 0.05) is 17.0 Å². The minimum absolute atomic E-state index is 0.480. The average Bonchev–Trinajstić information content (AvgIpc) is 2.79. The van der Waals surface area contributed by atoms with Crippen LogP contribution >= 0.6 is 0 Å². The molecule has 3 aromatic rings. The Balaban J connectivity index is 1.94. The van der Waals surface area contributed by atoms with Crippen LogP contribution in [-0.2, 0) is 4.74 Å². The number of pyridine rings is 1. The lowest BCUT2D eigenvalue weighted by Crippen LogP contribution is -2.27. The highest BCUT2D eigenvalue weighted by molar-refractivity contribution is 6.05. The number of rotatable bonds is 1. The van der Waals surface area contributed by atoms with Crippen LogP contribution in [0.3, 0.4) is 0 Å². The van der Waals surface area contributed by atoms with E-state index in [1.165, 1.54) is 0 Å². The second-order valence-electron chi connectivity index (χ2n) is 5.92. The summed E-state index contributed by atoms with van der Waals surface area (Å²) in [6.07, 6.45) is 1.31. The molecule has 3 rings (SSSR count). The summed E-state index contributed by atoms with van der Waals surface area (Å²) in [5.41, 5.74) is 1.34. The number of carbonyl (C=O) groups is 1. The average molecular weight is 283 g/mol. The van der Waals surface area contributed by atoms with Crippen molar-refractivity contribution in [2.75, 3.05) is 5.32 Å². The number of aromatic amines is 1. The number of hydrogen-bond acceptors (Lipinski definition) is 3. The number of benzene rings is 1. The van der Waals surface area contributed by atoms with E-state index < -0.39 is 11.7 Å². The van der Waals surface area contributed by atoms with Gasteiger partial charge in [-0.05, 0) is 32.9 Å². The molecule has 0 atom stereocenters. The van der Waals surface area contributed by atoms with Crippen LogP contribution in [0.5, 0.6) is 0 Å². The van der Waals surface area contributed by atoms with E-state index in [9.17, 15) is 4.79 Å². The molecule has 2 N–H and O–H groups in total. The van der Waals surface area contributed by atoms with E-state index in [2.05, 4.69) is 15.3 Å². The summed E-state index contributed by atoms with van der Waals surface area (Å²) in [7, 11) is 0. The first-order chi connectivity index (χ1) is 9.92. The molecule has 0 unspecified atom stereocenters. The van der Waals surface area contributed by atoms with Crippen molar-refractivity contribution >= 4 is 33.7 Å². The zero-order valence-corrected chi connectivity index (χ0v) is 12.2. The Hall–Kier alpha value is -2.56. The molecule has 2 heterocycles. The Morgan fingerprint density at radius 2 is 2.05 bits per heavy atom. The lowest BCUT2D eigenvalue weighted by atomic mass is 10.2. The SMILES string of the molecule is CC(C)(C)OC(=O)Nc1cc2cnc3ccccc3c2[nH]1. The molecule has 0 aliphatic carbocycles. The van der Waals surface area contributed by atoms with Crippen molar-refractivity contribution in [2.24, 2.45) is 0 Å². The number of H-pyrrole nitrogens is 1. The van der Waals surface area contributed by atoms with Gasteiger partial charge in [0.25, 0.3) is 0 Å².